The summed E-state index contributed by atoms with van der Waals surface area (Å²) in [5.74, 6) is -2.28. The van der Waals surface area contributed by atoms with E-state index in [0.717, 1.165) is 12.1 Å². The summed E-state index contributed by atoms with van der Waals surface area (Å²) in [6, 6.07) is 3.37. The van der Waals surface area contributed by atoms with Crippen LogP contribution in [0.2, 0.25) is 0 Å². The lowest BCUT2D eigenvalue weighted by Crippen LogP contribution is -2.34. The number of rotatable bonds is 5. The van der Waals surface area contributed by atoms with Gasteiger partial charge in [0.1, 0.15) is 0 Å². The molecule has 1 amide bonds. The average molecular weight is 272 g/mol. The van der Waals surface area contributed by atoms with Crippen LogP contribution < -0.4 is 11.1 Å². The van der Waals surface area contributed by atoms with Crippen LogP contribution in [0.1, 0.15) is 12.5 Å². The highest BCUT2D eigenvalue weighted by atomic mass is 32.1. The van der Waals surface area contributed by atoms with E-state index in [4.69, 9.17) is 18.0 Å². The van der Waals surface area contributed by atoms with Crippen molar-refractivity contribution in [1.29, 1.82) is 0 Å². The Morgan fingerprint density at radius 2 is 2.11 bits per heavy atom. The van der Waals surface area contributed by atoms with Crippen molar-refractivity contribution in [2.24, 2.45) is 11.7 Å². The predicted molar refractivity (Wildman–Crippen MR) is 69.0 cm³/mol. The van der Waals surface area contributed by atoms with Crippen LogP contribution >= 0.6 is 12.2 Å². The molecule has 0 saturated heterocycles. The molecule has 1 aromatic rings. The smallest absolute Gasteiger partial charge is 0.224 e. The Hall–Kier alpha value is -1.56. The van der Waals surface area contributed by atoms with Crippen LogP contribution in [0.3, 0.4) is 0 Å². The molecule has 0 aliphatic carbocycles. The molecule has 6 heteroatoms. The molecule has 1 atom stereocenters. The summed E-state index contributed by atoms with van der Waals surface area (Å²) in [5.41, 5.74) is 5.81. The summed E-state index contributed by atoms with van der Waals surface area (Å²) in [7, 11) is 0. The van der Waals surface area contributed by atoms with Gasteiger partial charge in [-0.05, 0) is 17.7 Å². The molecule has 98 valence electrons. The van der Waals surface area contributed by atoms with Gasteiger partial charge < -0.3 is 11.1 Å². The molecule has 0 saturated carbocycles. The Morgan fingerprint density at radius 1 is 1.44 bits per heavy atom. The van der Waals surface area contributed by atoms with Crippen molar-refractivity contribution in [2.45, 2.75) is 13.3 Å². The van der Waals surface area contributed by atoms with E-state index in [1.165, 1.54) is 6.07 Å². The first-order valence-corrected chi connectivity index (χ1v) is 5.81. The Morgan fingerprint density at radius 3 is 2.67 bits per heavy atom. The van der Waals surface area contributed by atoms with Crippen molar-refractivity contribution in [2.75, 3.05) is 6.54 Å². The molecule has 3 N–H and O–H groups in total. The third-order valence-electron chi connectivity index (χ3n) is 2.44. The largest absolute Gasteiger partial charge is 0.393 e. The molecule has 0 aliphatic rings. The molecule has 1 aromatic carbocycles. The third kappa shape index (κ3) is 4.37. The van der Waals surface area contributed by atoms with Crippen LogP contribution in [0.15, 0.2) is 18.2 Å². The Bertz CT molecular complexity index is 465. The van der Waals surface area contributed by atoms with Gasteiger partial charge in [-0.25, -0.2) is 8.78 Å². The number of halogens is 2. The lowest BCUT2D eigenvalue weighted by Gasteiger charge is -2.10. The normalized spacial score (nSPS) is 11.9. The summed E-state index contributed by atoms with van der Waals surface area (Å²) in [6.07, 6.45) is -0.0126. The topological polar surface area (TPSA) is 55.1 Å². The minimum Gasteiger partial charge on any atom is -0.393 e. The van der Waals surface area contributed by atoms with E-state index < -0.39 is 11.6 Å². The molecule has 0 aromatic heterocycles. The molecule has 0 fully saturated rings. The number of thiocarbonyl (C=S) groups is 1. The van der Waals surface area contributed by atoms with E-state index in [9.17, 15) is 13.6 Å². The van der Waals surface area contributed by atoms with Crippen LogP contribution in [-0.4, -0.2) is 17.4 Å². The molecule has 0 aliphatic heterocycles. The standard InChI is InChI=1S/C12H14F2N2OS/c1-7(12(15)18)6-16-11(17)5-8-2-3-9(13)10(14)4-8/h2-4,7H,5-6H2,1H3,(H2,15,18)(H,16,17). The number of hydrogen-bond acceptors (Lipinski definition) is 2. The van der Waals surface area contributed by atoms with E-state index in [0.29, 0.717) is 17.1 Å². The van der Waals surface area contributed by atoms with Gasteiger partial charge in [0.15, 0.2) is 11.6 Å². The zero-order chi connectivity index (χ0) is 13.7. The van der Waals surface area contributed by atoms with E-state index in [2.05, 4.69) is 5.32 Å². The summed E-state index contributed by atoms with van der Waals surface area (Å²) < 4.78 is 25.6. The minimum atomic E-state index is -0.961. The molecular weight excluding hydrogens is 258 g/mol. The highest BCUT2D eigenvalue weighted by Crippen LogP contribution is 2.09. The highest BCUT2D eigenvalue weighted by Gasteiger charge is 2.09. The predicted octanol–water partition coefficient (Wildman–Crippen LogP) is 1.55. The number of nitrogens with one attached hydrogen (secondary N) is 1. The van der Waals surface area contributed by atoms with E-state index in [1.54, 1.807) is 6.92 Å². The van der Waals surface area contributed by atoms with Gasteiger partial charge in [0, 0.05) is 12.5 Å². The Kier molecular flexibility index (Phi) is 5.15. The number of nitrogens with two attached hydrogens (primary N) is 1. The van der Waals surface area contributed by atoms with Crippen molar-refractivity contribution < 1.29 is 13.6 Å². The first-order valence-electron chi connectivity index (χ1n) is 5.40. The maximum absolute atomic E-state index is 12.9. The number of benzene rings is 1. The van der Waals surface area contributed by atoms with Crippen molar-refractivity contribution in [3.8, 4) is 0 Å². The molecule has 3 nitrogen and oxygen atoms in total. The maximum Gasteiger partial charge on any atom is 0.224 e. The number of carbonyl (C=O) groups is 1. The maximum atomic E-state index is 12.9. The number of hydrogen-bond donors (Lipinski definition) is 2. The summed E-state index contributed by atoms with van der Waals surface area (Å²) in [5, 5.41) is 2.62. The average Bonchev–Trinajstić information content (AvgIpc) is 2.30. The van der Waals surface area contributed by atoms with Gasteiger partial charge in [-0.3, -0.25) is 4.79 Å². The van der Waals surface area contributed by atoms with Gasteiger partial charge in [-0.2, -0.15) is 0 Å². The molecule has 0 spiro atoms. The summed E-state index contributed by atoms with van der Waals surface area (Å²) in [6.45, 7) is 2.12. The van der Waals surface area contributed by atoms with Crippen molar-refractivity contribution in [3.63, 3.8) is 0 Å². The Labute approximate surface area is 109 Å². The number of carbonyl (C=O) groups excluding carboxylic acids is 1. The molecule has 1 rings (SSSR count). The van der Waals surface area contributed by atoms with Gasteiger partial charge in [0.2, 0.25) is 5.91 Å². The fourth-order valence-electron chi connectivity index (χ4n) is 1.27. The van der Waals surface area contributed by atoms with E-state index in [1.807, 2.05) is 0 Å². The van der Waals surface area contributed by atoms with Crippen LogP contribution in [0.25, 0.3) is 0 Å². The van der Waals surface area contributed by atoms with Gasteiger partial charge in [-0.15, -0.1) is 0 Å². The molecule has 0 heterocycles. The highest BCUT2D eigenvalue weighted by molar-refractivity contribution is 7.80. The van der Waals surface area contributed by atoms with Crippen molar-refractivity contribution >= 4 is 23.1 Å². The SMILES string of the molecule is CC(CNC(=O)Cc1ccc(F)c(F)c1)C(N)=S. The van der Waals surface area contributed by atoms with Crippen LogP contribution in [0.4, 0.5) is 8.78 Å². The van der Waals surface area contributed by atoms with Crippen molar-refractivity contribution in [3.05, 3.63) is 35.4 Å². The monoisotopic (exact) mass is 272 g/mol. The first kappa shape index (κ1) is 14.5. The van der Waals surface area contributed by atoms with E-state index >= 15 is 0 Å². The molecular formula is C12H14F2N2OS. The lowest BCUT2D eigenvalue weighted by molar-refractivity contribution is -0.120. The fraction of sp³-hybridized carbons (Fsp3) is 0.333. The lowest BCUT2D eigenvalue weighted by atomic mass is 10.1. The van der Waals surface area contributed by atoms with Gasteiger partial charge in [-0.1, -0.05) is 25.2 Å². The van der Waals surface area contributed by atoms with Crippen LogP contribution in [-0.2, 0) is 11.2 Å². The molecule has 1 unspecified atom stereocenters. The minimum absolute atomic E-state index is 0.0126. The molecule has 0 radical (unpaired) electrons. The molecule has 0 bridgehead atoms. The van der Waals surface area contributed by atoms with E-state index in [-0.39, 0.29) is 18.2 Å². The summed E-state index contributed by atoms with van der Waals surface area (Å²) >= 11 is 4.77. The third-order valence-corrected chi connectivity index (χ3v) is 2.84. The van der Waals surface area contributed by atoms with Gasteiger partial charge in [0.05, 0.1) is 11.4 Å². The fourth-order valence-corrected chi connectivity index (χ4v) is 1.35. The Balaban J connectivity index is 2.49. The van der Waals surface area contributed by atoms with Crippen molar-refractivity contribution in [1.82, 2.24) is 5.32 Å². The zero-order valence-corrected chi connectivity index (χ0v) is 10.7. The van der Waals surface area contributed by atoms with Gasteiger partial charge >= 0.3 is 0 Å². The number of amides is 1. The zero-order valence-electron chi connectivity index (χ0n) is 9.87. The second-order valence-corrected chi connectivity index (χ2v) is 4.50. The first-order chi connectivity index (χ1) is 8.40. The summed E-state index contributed by atoms with van der Waals surface area (Å²) in [4.78, 5) is 11.8. The van der Waals surface area contributed by atoms with Crippen LogP contribution in [0.5, 0.6) is 0 Å². The quantitative estimate of drug-likeness (QED) is 0.800. The second kappa shape index (κ2) is 6.39. The van der Waals surface area contributed by atoms with Gasteiger partial charge in [0.25, 0.3) is 0 Å². The van der Waals surface area contributed by atoms with Crippen LogP contribution in [0, 0.1) is 17.6 Å². The molecule has 18 heavy (non-hydrogen) atoms. The second-order valence-electron chi connectivity index (χ2n) is 4.03.